The summed E-state index contributed by atoms with van der Waals surface area (Å²) in [6, 6.07) is 0. The zero-order chi connectivity index (χ0) is 13.9. The molecule has 1 N–H and O–H groups in total. The molecule has 4 heteroatoms. The Balaban J connectivity index is 1.95. The van der Waals surface area contributed by atoms with Crippen LogP contribution in [0.4, 0.5) is 0 Å². The van der Waals surface area contributed by atoms with Gasteiger partial charge in [0, 0.05) is 6.61 Å². The van der Waals surface area contributed by atoms with Crippen LogP contribution in [-0.4, -0.2) is 31.6 Å². The van der Waals surface area contributed by atoms with Crippen molar-refractivity contribution in [2.45, 2.75) is 58.3 Å². The van der Waals surface area contributed by atoms with Gasteiger partial charge >= 0.3 is 0 Å². The fourth-order valence-corrected chi connectivity index (χ4v) is 5.95. The molecule has 0 spiro atoms. The van der Waals surface area contributed by atoms with Crippen molar-refractivity contribution in [3.05, 3.63) is 0 Å². The van der Waals surface area contributed by atoms with Gasteiger partial charge in [-0.2, -0.15) is 0 Å². The molecular formula is C15H28O3S. The van der Waals surface area contributed by atoms with Crippen molar-refractivity contribution in [1.82, 2.24) is 0 Å². The highest BCUT2D eigenvalue weighted by molar-refractivity contribution is 7.91. The van der Waals surface area contributed by atoms with E-state index in [0.29, 0.717) is 11.5 Å². The van der Waals surface area contributed by atoms with Crippen molar-refractivity contribution in [2.75, 3.05) is 18.1 Å². The summed E-state index contributed by atoms with van der Waals surface area (Å²) in [6.07, 6.45) is 9.03. The second-order valence-corrected chi connectivity index (χ2v) is 8.93. The summed E-state index contributed by atoms with van der Waals surface area (Å²) in [6.45, 7) is 2.40. The van der Waals surface area contributed by atoms with Gasteiger partial charge in [0.25, 0.3) is 0 Å². The minimum absolute atomic E-state index is 0.0910. The molecule has 112 valence electrons. The molecular weight excluding hydrogens is 260 g/mol. The van der Waals surface area contributed by atoms with E-state index in [1.807, 2.05) is 0 Å². The topological polar surface area (TPSA) is 54.4 Å². The van der Waals surface area contributed by atoms with Gasteiger partial charge in [0.15, 0.2) is 9.84 Å². The molecule has 1 heterocycles. The number of hydrogen-bond donors (Lipinski definition) is 1. The third-order valence-electron chi connectivity index (χ3n) is 5.48. The van der Waals surface area contributed by atoms with Gasteiger partial charge in [0.05, 0.1) is 11.5 Å². The predicted molar refractivity (Wildman–Crippen MR) is 77.8 cm³/mol. The fraction of sp³-hybridized carbons (Fsp3) is 1.00. The molecule has 2 aliphatic rings. The summed E-state index contributed by atoms with van der Waals surface area (Å²) in [5.74, 6) is 1.65. The smallest absolute Gasteiger partial charge is 0.150 e. The molecule has 2 fully saturated rings. The van der Waals surface area contributed by atoms with E-state index in [2.05, 4.69) is 6.92 Å². The summed E-state index contributed by atoms with van der Waals surface area (Å²) in [5.41, 5.74) is -0.0910. The first kappa shape index (κ1) is 15.3. The van der Waals surface area contributed by atoms with Crippen molar-refractivity contribution in [3.8, 4) is 0 Å². The molecule has 0 amide bonds. The first-order valence-electron chi connectivity index (χ1n) is 7.82. The molecule has 1 aliphatic carbocycles. The minimum atomic E-state index is -2.83. The Morgan fingerprint density at radius 2 is 1.89 bits per heavy atom. The normalized spacial score (nSPS) is 38.4. The van der Waals surface area contributed by atoms with Crippen molar-refractivity contribution in [2.24, 2.45) is 17.3 Å². The summed E-state index contributed by atoms with van der Waals surface area (Å²) in [4.78, 5) is 0. The lowest BCUT2D eigenvalue weighted by Gasteiger charge is -2.43. The van der Waals surface area contributed by atoms with Crippen molar-refractivity contribution in [1.29, 1.82) is 0 Å². The zero-order valence-corrected chi connectivity index (χ0v) is 12.9. The molecule has 1 aliphatic heterocycles. The average molecular weight is 288 g/mol. The summed E-state index contributed by atoms with van der Waals surface area (Å²) < 4.78 is 23.3. The van der Waals surface area contributed by atoms with Gasteiger partial charge in [0.1, 0.15) is 0 Å². The molecule has 0 radical (unpaired) electrons. The Morgan fingerprint density at radius 3 is 2.37 bits per heavy atom. The highest BCUT2D eigenvalue weighted by atomic mass is 32.2. The van der Waals surface area contributed by atoms with Crippen LogP contribution in [0.25, 0.3) is 0 Å². The number of aliphatic hydroxyl groups is 1. The van der Waals surface area contributed by atoms with Gasteiger partial charge in [-0.1, -0.05) is 26.2 Å². The molecule has 19 heavy (non-hydrogen) atoms. The molecule has 0 aromatic rings. The van der Waals surface area contributed by atoms with Crippen LogP contribution < -0.4 is 0 Å². The molecule has 1 saturated carbocycles. The lowest BCUT2D eigenvalue weighted by atomic mass is 9.63. The third kappa shape index (κ3) is 3.52. The van der Waals surface area contributed by atoms with E-state index >= 15 is 0 Å². The number of aliphatic hydroxyl groups excluding tert-OH is 1. The van der Waals surface area contributed by atoms with Crippen LogP contribution in [0.5, 0.6) is 0 Å². The second kappa shape index (κ2) is 6.13. The number of unbranched alkanes of at least 4 members (excludes halogenated alkanes) is 1. The van der Waals surface area contributed by atoms with Crippen LogP contribution >= 0.6 is 0 Å². The first-order valence-corrected chi connectivity index (χ1v) is 9.65. The Morgan fingerprint density at radius 1 is 1.21 bits per heavy atom. The maximum atomic E-state index is 11.7. The first-order chi connectivity index (χ1) is 9.01. The van der Waals surface area contributed by atoms with E-state index in [4.69, 9.17) is 0 Å². The average Bonchev–Trinajstić information content (AvgIpc) is 2.78. The summed E-state index contributed by atoms with van der Waals surface area (Å²) in [5, 5.41) is 9.84. The van der Waals surface area contributed by atoms with Crippen molar-refractivity contribution in [3.63, 3.8) is 0 Å². The Hall–Kier alpha value is -0.0900. The van der Waals surface area contributed by atoms with Gasteiger partial charge in [-0.25, -0.2) is 8.42 Å². The molecule has 0 aromatic carbocycles. The van der Waals surface area contributed by atoms with Crippen LogP contribution in [0.3, 0.4) is 0 Å². The van der Waals surface area contributed by atoms with E-state index in [1.165, 1.54) is 32.1 Å². The maximum Gasteiger partial charge on any atom is 0.150 e. The SMILES string of the molecule is CCCCC1CCC(CO)(C2CCS(=O)(=O)C2)CC1. The monoisotopic (exact) mass is 288 g/mol. The van der Waals surface area contributed by atoms with E-state index in [-0.39, 0.29) is 17.9 Å². The second-order valence-electron chi connectivity index (χ2n) is 6.71. The van der Waals surface area contributed by atoms with Gasteiger partial charge in [0.2, 0.25) is 0 Å². The molecule has 1 unspecified atom stereocenters. The van der Waals surface area contributed by atoms with Gasteiger partial charge < -0.3 is 5.11 Å². The minimum Gasteiger partial charge on any atom is -0.396 e. The number of rotatable bonds is 5. The Labute approximate surface area is 117 Å². The quantitative estimate of drug-likeness (QED) is 0.846. The van der Waals surface area contributed by atoms with Crippen molar-refractivity contribution < 1.29 is 13.5 Å². The molecule has 0 bridgehead atoms. The highest BCUT2D eigenvalue weighted by Gasteiger charge is 2.45. The standard InChI is InChI=1S/C15H28O3S/c1-2-3-4-13-5-8-15(12-16,9-6-13)14-7-10-19(17,18)11-14/h13-14,16H,2-12H2,1H3. The maximum absolute atomic E-state index is 11.7. The van der Waals surface area contributed by atoms with Crippen LogP contribution in [0.15, 0.2) is 0 Å². The molecule has 1 saturated heterocycles. The lowest BCUT2D eigenvalue weighted by Crippen LogP contribution is -2.39. The largest absolute Gasteiger partial charge is 0.396 e. The van der Waals surface area contributed by atoms with E-state index < -0.39 is 9.84 Å². The van der Waals surface area contributed by atoms with E-state index in [9.17, 15) is 13.5 Å². The van der Waals surface area contributed by atoms with Crippen LogP contribution in [0, 0.1) is 17.3 Å². The molecule has 2 rings (SSSR count). The highest BCUT2D eigenvalue weighted by Crippen LogP contribution is 2.48. The Kier molecular flexibility index (Phi) is 4.93. The van der Waals surface area contributed by atoms with Gasteiger partial charge in [-0.15, -0.1) is 0 Å². The van der Waals surface area contributed by atoms with Crippen molar-refractivity contribution >= 4 is 9.84 Å². The fourth-order valence-electron chi connectivity index (χ4n) is 4.01. The van der Waals surface area contributed by atoms with E-state index in [0.717, 1.165) is 25.2 Å². The molecule has 0 aromatic heterocycles. The third-order valence-corrected chi connectivity index (χ3v) is 7.25. The molecule has 1 atom stereocenters. The van der Waals surface area contributed by atoms with E-state index in [1.54, 1.807) is 0 Å². The van der Waals surface area contributed by atoms with Crippen LogP contribution in [0.1, 0.15) is 58.3 Å². The zero-order valence-electron chi connectivity index (χ0n) is 12.1. The van der Waals surface area contributed by atoms with Crippen LogP contribution in [0.2, 0.25) is 0 Å². The van der Waals surface area contributed by atoms with Crippen LogP contribution in [-0.2, 0) is 9.84 Å². The summed E-state index contributed by atoms with van der Waals surface area (Å²) >= 11 is 0. The lowest BCUT2D eigenvalue weighted by molar-refractivity contribution is 0.0170. The number of hydrogen-bond acceptors (Lipinski definition) is 3. The number of sulfone groups is 1. The molecule has 3 nitrogen and oxygen atoms in total. The van der Waals surface area contributed by atoms with Gasteiger partial charge in [-0.05, 0) is 49.4 Å². The Bertz CT molecular complexity index is 380. The predicted octanol–water partition coefficient (Wildman–Crippen LogP) is 2.78. The van der Waals surface area contributed by atoms with Gasteiger partial charge in [-0.3, -0.25) is 0 Å². The summed E-state index contributed by atoms with van der Waals surface area (Å²) in [7, 11) is -2.83.